The van der Waals surface area contributed by atoms with Crippen LogP contribution in [0, 0.1) is 34.5 Å². The molecular formula is C20H32S. The highest BCUT2D eigenvalue weighted by Gasteiger charge is 2.57. The highest BCUT2D eigenvalue weighted by molar-refractivity contribution is 7.81. The Morgan fingerprint density at radius 3 is 2.62 bits per heavy atom. The molecule has 0 aromatic carbocycles. The third-order valence-corrected chi connectivity index (χ3v) is 8.97. The van der Waals surface area contributed by atoms with E-state index in [4.69, 9.17) is 12.6 Å². The van der Waals surface area contributed by atoms with Crippen LogP contribution in [0.2, 0.25) is 0 Å². The molecule has 0 spiro atoms. The van der Waals surface area contributed by atoms with Crippen LogP contribution in [0.15, 0.2) is 11.6 Å². The van der Waals surface area contributed by atoms with Crippen LogP contribution >= 0.6 is 12.6 Å². The van der Waals surface area contributed by atoms with Crippen LogP contribution in [-0.2, 0) is 0 Å². The van der Waals surface area contributed by atoms with Crippen molar-refractivity contribution in [3.05, 3.63) is 11.6 Å². The van der Waals surface area contributed by atoms with Gasteiger partial charge in [0, 0.05) is 5.25 Å². The third kappa shape index (κ3) is 1.95. The third-order valence-electron chi connectivity index (χ3n) is 8.56. The predicted molar refractivity (Wildman–Crippen MR) is 93.6 cm³/mol. The van der Waals surface area contributed by atoms with Crippen LogP contribution in [0.5, 0.6) is 0 Å². The Kier molecular flexibility index (Phi) is 3.35. The molecule has 4 aliphatic rings. The first-order valence-corrected chi connectivity index (χ1v) is 9.86. The largest absolute Gasteiger partial charge is 0.172 e. The highest BCUT2D eigenvalue weighted by Crippen LogP contribution is 2.66. The van der Waals surface area contributed by atoms with E-state index in [-0.39, 0.29) is 0 Å². The molecule has 2 unspecified atom stereocenters. The average Bonchev–Trinajstić information content (AvgIpc) is 2.76. The summed E-state index contributed by atoms with van der Waals surface area (Å²) in [5.74, 6) is 3.98. The van der Waals surface area contributed by atoms with Crippen LogP contribution in [-0.4, -0.2) is 5.25 Å². The lowest BCUT2D eigenvalue weighted by molar-refractivity contribution is -0.0484. The van der Waals surface area contributed by atoms with Crippen molar-refractivity contribution in [1.29, 1.82) is 0 Å². The summed E-state index contributed by atoms with van der Waals surface area (Å²) >= 11 is 4.74. The maximum Gasteiger partial charge on any atom is 0.0199 e. The Balaban J connectivity index is 1.67. The molecule has 0 radical (unpaired) electrons. The van der Waals surface area contributed by atoms with Gasteiger partial charge in [-0.3, -0.25) is 0 Å². The molecule has 21 heavy (non-hydrogen) atoms. The second-order valence-electron chi connectivity index (χ2n) is 9.15. The van der Waals surface area contributed by atoms with Crippen molar-refractivity contribution in [3.8, 4) is 0 Å². The zero-order valence-corrected chi connectivity index (χ0v) is 15.0. The standard InChI is InChI=1S/C20H32S/c1-13-4-7-17-16-6-5-14-12-15(21)8-10-20(14,3)18(16)9-11-19(13,17)2/h12-13,15-18,21H,4-11H2,1-3H3/t13-,15+,16-,17?,18?,19+,20-/m0/s1. The predicted octanol–water partition coefficient (Wildman–Crippen LogP) is 5.88. The van der Waals surface area contributed by atoms with Crippen LogP contribution < -0.4 is 0 Å². The first-order chi connectivity index (χ1) is 9.95. The van der Waals surface area contributed by atoms with Crippen molar-refractivity contribution in [2.45, 2.75) is 77.4 Å². The summed E-state index contributed by atoms with van der Waals surface area (Å²) in [6, 6.07) is 0. The smallest absolute Gasteiger partial charge is 0.0199 e. The molecule has 0 aromatic rings. The molecule has 0 aromatic heterocycles. The quantitative estimate of drug-likeness (QED) is 0.419. The summed E-state index contributed by atoms with van der Waals surface area (Å²) < 4.78 is 0. The van der Waals surface area contributed by atoms with Gasteiger partial charge in [0.1, 0.15) is 0 Å². The zero-order chi connectivity index (χ0) is 14.8. The van der Waals surface area contributed by atoms with Gasteiger partial charge in [-0.25, -0.2) is 0 Å². The Hall–Kier alpha value is 0.0900. The molecule has 7 atom stereocenters. The average molecular weight is 305 g/mol. The van der Waals surface area contributed by atoms with E-state index >= 15 is 0 Å². The molecule has 0 nitrogen and oxygen atoms in total. The van der Waals surface area contributed by atoms with E-state index in [0.717, 1.165) is 23.7 Å². The molecule has 0 N–H and O–H groups in total. The molecule has 0 saturated heterocycles. The molecule has 3 saturated carbocycles. The lowest BCUT2D eigenvalue weighted by Crippen LogP contribution is -2.50. The van der Waals surface area contributed by atoms with E-state index < -0.39 is 0 Å². The second kappa shape index (κ2) is 4.79. The molecule has 118 valence electrons. The van der Waals surface area contributed by atoms with Crippen molar-refractivity contribution < 1.29 is 0 Å². The molecule has 0 heterocycles. The molecule has 0 bridgehead atoms. The Labute approximate surface area is 136 Å². The number of thiol groups is 1. The minimum Gasteiger partial charge on any atom is -0.172 e. The lowest BCUT2D eigenvalue weighted by atomic mass is 9.47. The summed E-state index contributed by atoms with van der Waals surface area (Å²) in [4.78, 5) is 0. The number of fused-ring (bicyclic) bond motifs is 5. The van der Waals surface area contributed by atoms with Crippen molar-refractivity contribution >= 4 is 12.6 Å². The molecule has 1 heteroatoms. The van der Waals surface area contributed by atoms with Gasteiger partial charge in [0.25, 0.3) is 0 Å². The number of hydrogen-bond acceptors (Lipinski definition) is 1. The Morgan fingerprint density at radius 1 is 1.00 bits per heavy atom. The number of allylic oxidation sites excluding steroid dienone is 1. The van der Waals surface area contributed by atoms with E-state index in [1.54, 1.807) is 5.57 Å². The summed E-state index contributed by atoms with van der Waals surface area (Å²) in [6.45, 7) is 7.77. The van der Waals surface area contributed by atoms with E-state index in [1.807, 2.05) is 0 Å². The SMILES string of the molecule is C[C@H]1CCC2[C@@H]3CCC4=C[C@H](S)CC[C@]4(C)C3CC[C@@]21C. The van der Waals surface area contributed by atoms with Gasteiger partial charge in [0.2, 0.25) is 0 Å². The van der Waals surface area contributed by atoms with Crippen molar-refractivity contribution in [2.24, 2.45) is 34.5 Å². The van der Waals surface area contributed by atoms with E-state index in [2.05, 4.69) is 26.8 Å². The molecule has 0 aliphatic heterocycles. The maximum absolute atomic E-state index is 4.74. The first-order valence-electron chi connectivity index (χ1n) is 9.34. The summed E-state index contributed by atoms with van der Waals surface area (Å²) in [7, 11) is 0. The van der Waals surface area contributed by atoms with Gasteiger partial charge >= 0.3 is 0 Å². The Bertz CT molecular complexity index is 466. The summed E-state index contributed by atoms with van der Waals surface area (Å²) in [6.07, 6.45) is 14.1. The number of rotatable bonds is 0. The van der Waals surface area contributed by atoms with Gasteiger partial charge in [-0.1, -0.05) is 32.4 Å². The minimum atomic E-state index is 0.523. The van der Waals surface area contributed by atoms with Crippen LogP contribution in [0.3, 0.4) is 0 Å². The first kappa shape index (κ1) is 14.7. The van der Waals surface area contributed by atoms with Crippen LogP contribution in [0.4, 0.5) is 0 Å². The summed E-state index contributed by atoms with van der Waals surface area (Å²) in [5, 5.41) is 0.532. The maximum atomic E-state index is 4.74. The van der Waals surface area contributed by atoms with E-state index in [9.17, 15) is 0 Å². The monoisotopic (exact) mass is 304 g/mol. The zero-order valence-electron chi connectivity index (χ0n) is 14.1. The topological polar surface area (TPSA) is 0 Å². The normalized spacial score (nSPS) is 56.2. The fourth-order valence-electron chi connectivity index (χ4n) is 6.97. The van der Waals surface area contributed by atoms with Gasteiger partial charge in [-0.2, -0.15) is 12.6 Å². The fraction of sp³-hybridized carbons (Fsp3) is 0.900. The molecule has 3 fully saturated rings. The minimum absolute atomic E-state index is 0.523. The van der Waals surface area contributed by atoms with Gasteiger partial charge in [-0.05, 0) is 85.9 Å². The molecule has 4 rings (SSSR count). The van der Waals surface area contributed by atoms with Gasteiger partial charge in [0.05, 0.1) is 0 Å². The van der Waals surface area contributed by atoms with E-state index in [1.165, 1.54) is 51.4 Å². The van der Waals surface area contributed by atoms with Crippen molar-refractivity contribution in [3.63, 3.8) is 0 Å². The van der Waals surface area contributed by atoms with Gasteiger partial charge in [0.15, 0.2) is 0 Å². The molecule has 4 aliphatic carbocycles. The van der Waals surface area contributed by atoms with Crippen molar-refractivity contribution in [1.82, 2.24) is 0 Å². The van der Waals surface area contributed by atoms with Crippen LogP contribution in [0.1, 0.15) is 72.1 Å². The van der Waals surface area contributed by atoms with E-state index in [0.29, 0.717) is 16.1 Å². The van der Waals surface area contributed by atoms with Gasteiger partial charge in [-0.15, -0.1) is 0 Å². The lowest BCUT2D eigenvalue weighted by Gasteiger charge is -2.58. The number of hydrogen-bond donors (Lipinski definition) is 1. The molecular weight excluding hydrogens is 272 g/mol. The fourth-order valence-corrected chi connectivity index (χ4v) is 7.28. The molecule has 0 amide bonds. The van der Waals surface area contributed by atoms with Crippen molar-refractivity contribution in [2.75, 3.05) is 0 Å². The second-order valence-corrected chi connectivity index (χ2v) is 9.82. The Morgan fingerprint density at radius 2 is 1.81 bits per heavy atom. The summed E-state index contributed by atoms with van der Waals surface area (Å²) in [5.41, 5.74) is 2.97. The van der Waals surface area contributed by atoms with Crippen LogP contribution in [0.25, 0.3) is 0 Å². The highest BCUT2D eigenvalue weighted by atomic mass is 32.1. The van der Waals surface area contributed by atoms with Gasteiger partial charge < -0.3 is 0 Å².